The Kier molecular flexibility index (Phi) is 4.34. The number of rotatable bonds is 7. The van der Waals surface area contributed by atoms with Crippen LogP contribution in [0.2, 0.25) is 0 Å². The number of hydrogen-bond acceptors (Lipinski definition) is 4. The van der Waals surface area contributed by atoms with Gasteiger partial charge in [-0.15, -0.1) is 0 Å². The summed E-state index contributed by atoms with van der Waals surface area (Å²) in [7, 11) is 1.95. The van der Waals surface area contributed by atoms with E-state index in [0.717, 1.165) is 42.9 Å². The number of likely N-dealkylation sites (N-methyl/N-ethyl adjacent to an activating group) is 1. The van der Waals surface area contributed by atoms with E-state index in [9.17, 15) is 0 Å². The molecule has 1 aromatic rings. The van der Waals surface area contributed by atoms with E-state index in [4.69, 9.17) is 5.73 Å². The normalized spacial score (nSPS) is 15.5. The Bertz CT molecular complexity index is 420. The summed E-state index contributed by atoms with van der Waals surface area (Å²) in [6, 6.07) is 0.821. The number of nitrogens with zero attached hydrogens (tertiary/aromatic N) is 3. The minimum absolute atomic E-state index is 0.361. The molecule has 5 heteroatoms. The summed E-state index contributed by atoms with van der Waals surface area (Å²) >= 11 is 0. The number of nitrogen functional groups attached to an aromatic ring is 1. The van der Waals surface area contributed by atoms with Gasteiger partial charge >= 0.3 is 0 Å². The van der Waals surface area contributed by atoms with Gasteiger partial charge in [-0.05, 0) is 25.3 Å². The summed E-state index contributed by atoms with van der Waals surface area (Å²) < 4.78 is 1.86. The summed E-state index contributed by atoms with van der Waals surface area (Å²) in [6.45, 7) is 9.59. The third kappa shape index (κ3) is 3.21. The lowest BCUT2D eigenvalue weighted by Crippen LogP contribution is -2.31. The average Bonchev–Trinajstić information content (AvgIpc) is 3.15. The Morgan fingerprint density at radius 3 is 2.63 bits per heavy atom. The van der Waals surface area contributed by atoms with Crippen LogP contribution in [0.3, 0.4) is 0 Å². The molecule has 0 amide bonds. The lowest BCUT2D eigenvalue weighted by atomic mass is 10.1. The highest BCUT2D eigenvalue weighted by Gasteiger charge is 2.27. The molecule has 5 nitrogen and oxygen atoms in total. The first-order valence-corrected chi connectivity index (χ1v) is 7.34. The molecule has 0 saturated heterocycles. The van der Waals surface area contributed by atoms with Crippen molar-refractivity contribution in [2.45, 2.75) is 45.6 Å². The lowest BCUT2D eigenvalue weighted by Gasteiger charge is -2.20. The van der Waals surface area contributed by atoms with Crippen molar-refractivity contribution in [3.8, 4) is 0 Å². The fourth-order valence-electron chi connectivity index (χ4n) is 2.55. The number of aryl methyl sites for hydroxylation is 1. The van der Waals surface area contributed by atoms with Crippen LogP contribution < -0.4 is 11.1 Å². The molecule has 0 unspecified atom stereocenters. The molecular formula is C14H27N5. The Morgan fingerprint density at radius 2 is 2.16 bits per heavy atom. The first-order valence-electron chi connectivity index (χ1n) is 7.34. The predicted octanol–water partition coefficient (Wildman–Crippen LogP) is 2.02. The highest BCUT2D eigenvalue weighted by atomic mass is 15.3. The second-order valence-electron chi connectivity index (χ2n) is 5.71. The van der Waals surface area contributed by atoms with E-state index < -0.39 is 0 Å². The van der Waals surface area contributed by atoms with Crippen molar-refractivity contribution >= 4 is 11.5 Å². The van der Waals surface area contributed by atoms with Crippen molar-refractivity contribution in [1.82, 2.24) is 14.7 Å². The molecule has 0 spiro atoms. The Balaban J connectivity index is 1.92. The molecule has 1 saturated carbocycles. The largest absolute Gasteiger partial charge is 0.394 e. The maximum absolute atomic E-state index is 6.17. The standard InChI is InChI=1S/C14H27N5/c1-5-19(11-6-7-11)9-8-16-14-12(15)13(10(2)3)17-18(14)4/h10-11,16H,5-9,15H2,1-4H3. The minimum atomic E-state index is 0.361. The molecule has 0 aromatic carbocycles. The van der Waals surface area contributed by atoms with Gasteiger partial charge in [0.1, 0.15) is 5.82 Å². The average molecular weight is 265 g/mol. The Labute approximate surface area is 116 Å². The van der Waals surface area contributed by atoms with E-state index in [2.05, 4.69) is 36.1 Å². The van der Waals surface area contributed by atoms with Crippen LogP contribution in [0.5, 0.6) is 0 Å². The van der Waals surface area contributed by atoms with Gasteiger partial charge in [-0.2, -0.15) is 5.10 Å². The zero-order valence-electron chi connectivity index (χ0n) is 12.6. The van der Waals surface area contributed by atoms with Crippen LogP contribution in [0.25, 0.3) is 0 Å². The molecule has 19 heavy (non-hydrogen) atoms. The quantitative estimate of drug-likeness (QED) is 0.792. The summed E-state index contributed by atoms with van der Waals surface area (Å²) in [6.07, 6.45) is 2.72. The van der Waals surface area contributed by atoms with E-state index in [1.54, 1.807) is 0 Å². The summed E-state index contributed by atoms with van der Waals surface area (Å²) in [4.78, 5) is 2.53. The molecule has 1 aliphatic rings. The van der Waals surface area contributed by atoms with Gasteiger partial charge in [0.2, 0.25) is 0 Å². The number of hydrogen-bond donors (Lipinski definition) is 2. The summed E-state index contributed by atoms with van der Waals surface area (Å²) in [5.41, 5.74) is 7.95. The monoisotopic (exact) mass is 265 g/mol. The van der Waals surface area contributed by atoms with Crippen molar-refractivity contribution in [2.75, 3.05) is 30.7 Å². The maximum atomic E-state index is 6.17. The van der Waals surface area contributed by atoms with Gasteiger partial charge in [-0.3, -0.25) is 9.58 Å². The van der Waals surface area contributed by atoms with Crippen molar-refractivity contribution in [2.24, 2.45) is 7.05 Å². The van der Waals surface area contributed by atoms with E-state index in [1.165, 1.54) is 12.8 Å². The lowest BCUT2D eigenvalue weighted by molar-refractivity contribution is 0.289. The minimum Gasteiger partial charge on any atom is -0.394 e. The molecule has 3 N–H and O–H groups in total. The predicted molar refractivity (Wildman–Crippen MR) is 80.5 cm³/mol. The highest BCUT2D eigenvalue weighted by Crippen LogP contribution is 2.28. The Morgan fingerprint density at radius 1 is 1.47 bits per heavy atom. The molecule has 1 fully saturated rings. The van der Waals surface area contributed by atoms with Gasteiger partial charge in [0, 0.05) is 26.2 Å². The molecular weight excluding hydrogens is 238 g/mol. The fraction of sp³-hybridized carbons (Fsp3) is 0.786. The molecule has 0 radical (unpaired) electrons. The van der Waals surface area contributed by atoms with E-state index in [1.807, 2.05) is 11.7 Å². The van der Waals surface area contributed by atoms with Gasteiger partial charge in [0.05, 0.1) is 11.4 Å². The topological polar surface area (TPSA) is 59.1 Å². The first-order chi connectivity index (χ1) is 9.04. The van der Waals surface area contributed by atoms with Gasteiger partial charge in [-0.25, -0.2) is 0 Å². The molecule has 0 bridgehead atoms. The third-order valence-electron chi connectivity index (χ3n) is 3.82. The Hall–Kier alpha value is -1.23. The number of aromatic nitrogens is 2. The van der Waals surface area contributed by atoms with Gasteiger partial charge in [0.25, 0.3) is 0 Å². The summed E-state index contributed by atoms with van der Waals surface area (Å²) in [5, 5.41) is 7.93. The van der Waals surface area contributed by atoms with Crippen LogP contribution in [0, 0.1) is 0 Å². The third-order valence-corrected chi connectivity index (χ3v) is 3.82. The van der Waals surface area contributed by atoms with Crippen LogP contribution in [0.1, 0.15) is 45.2 Å². The van der Waals surface area contributed by atoms with Crippen LogP contribution in [0.4, 0.5) is 11.5 Å². The second kappa shape index (κ2) is 5.82. The molecule has 108 valence electrons. The van der Waals surface area contributed by atoms with Crippen LogP contribution in [-0.4, -0.2) is 40.4 Å². The van der Waals surface area contributed by atoms with Gasteiger partial charge in [-0.1, -0.05) is 20.8 Å². The highest BCUT2D eigenvalue weighted by molar-refractivity contribution is 5.65. The van der Waals surface area contributed by atoms with Gasteiger partial charge in [0.15, 0.2) is 0 Å². The van der Waals surface area contributed by atoms with E-state index in [0.29, 0.717) is 5.92 Å². The zero-order valence-corrected chi connectivity index (χ0v) is 12.6. The van der Waals surface area contributed by atoms with E-state index >= 15 is 0 Å². The number of anilines is 2. The van der Waals surface area contributed by atoms with Gasteiger partial charge < -0.3 is 11.1 Å². The van der Waals surface area contributed by atoms with Crippen LogP contribution in [0.15, 0.2) is 0 Å². The smallest absolute Gasteiger partial charge is 0.147 e. The fourth-order valence-corrected chi connectivity index (χ4v) is 2.55. The maximum Gasteiger partial charge on any atom is 0.147 e. The van der Waals surface area contributed by atoms with Crippen LogP contribution >= 0.6 is 0 Å². The molecule has 1 aliphatic carbocycles. The van der Waals surface area contributed by atoms with Crippen molar-refractivity contribution < 1.29 is 0 Å². The van der Waals surface area contributed by atoms with Crippen molar-refractivity contribution in [3.05, 3.63) is 5.69 Å². The molecule has 2 rings (SSSR count). The molecule has 1 aromatic heterocycles. The van der Waals surface area contributed by atoms with Crippen LogP contribution in [-0.2, 0) is 7.05 Å². The molecule has 0 atom stereocenters. The molecule has 1 heterocycles. The van der Waals surface area contributed by atoms with Crippen molar-refractivity contribution in [1.29, 1.82) is 0 Å². The number of nitrogens with one attached hydrogen (secondary N) is 1. The molecule has 0 aliphatic heterocycles. The SMILES string of the molecule is CCN(CCNc1c(N)c(C(C)C)nn1C)C1CC1. The number of nitrogens with two attached hydrogens (primary N) is 1. The second-order valence-corrected chi connectivity index (χ2v) is 5.71. The van der Waals surface area contributed by atoms with Crippen molar-refractivity contribution in [3.63, 3.8) is 0 Å². The zero-order chi connectivity index (χ0) is 14.0. The van der Waals surface area contributed by atoms with E-state index in [-0.39, 0.29) is 0 Å². The summed E-state index contributed by atoms with van der Waals surface area (Å²) in [5.74, 6) is 1.32. The first kappa shape index (κ1) is 14.2.